The minimum atomic E-state index is -0.519. The number of aliphatic hydroxyl groups excluding tert-OH is 1. The van der Waals surface area contributed by atoms with Crippen LogP contribution in [0.25, 0.3) is 0 Å². The SMILES string of the molecule is C[C@H](COC(=O)NC1CCCCC1O)N1Cc2cc(Oc3ccccc3)ccc2N=C1N. The molecule has 1 amide bonds. The highest BCUT2D eigenvalue weighted by atomic mass is 16.5. The number of rotatable bonds is 6. The van der Waals surface area contributed by atoms with E-state index in [0.717, 1.165) is 42.0 Å². The quantitative estimate of drug-likeness (QED) is 0.635. The summed E-state index contributed by atoms with van der Waals surface area (Å²) < 4.78 is 11.3. The molecule has 1 aliphatic carbocycles. The lowest BCUT2D eigenvalue weighted by molar-refractivity contribution is 0.0735. The van der Waals surface area contributed by atoms with Crippen molar-refractivity contribution in [1.82, 2.24) is 10.2 Å². The molecule has 8 nitrogen and oxygen atoms in total. The molecule has 2 aromatic rings. The number of guanidine groups is 1. The van der Waals surface area contributed by atoms with Gasteiger partial charge in [0.2, 0.25) is 0 Å². The third kappa shape index (κ3) is 5.31. The average molecular weight is 439 g/mol. The van der Waals surface area contributed by atoms with Crippen LogP contribution in [0, 0.1) is 0 Å². The maximum atomic E-state index is 12.2. The van der Waals surface area contributed by atoms with Gasteiger partial charge in [-0.25, -0.2) is 9.79 Å². The highest BCUT2D eigenvalue weighted by Gasteiger charge is 2.27. The van der Waals surface area contributed by atoms with E-state index in [4.69, 9.17) is 15.2 Å². The highest BCUT2D eigenvalue weighted by Crippen LogP contribution is 2.32. The van der Waals surface area contributed by atoms with Gasteiger partial charge in [0, 0.05) is 12.1 Å². The molecule has 2 unspecified atom stereocenters. The van der Waals surface area contributed by atoms with E-state index in [1.807, 2.05) is 60.4 Å². The number of para-hydroxylation sites is 1. The molecule has 8 heteroatoms. The Balaban J connectivity index is 1.35. The lowest BCUT2D eigenvalue weighted by Gasteiger charge is -2.33. The Kier molecular flexibility index (Phi) is 6.80. The minimum Gasteiger partial charge on any atom is -0.457 e. The summed E-state index contributed by atoms with van der Waals surface area (Å²) in [6.07, 6.45) is 2.42. The number of hydrogen-bond acceptors (Lipinski definition) is 7. The summed E-state index contributed by atoms with van der Waals surface area (Å²) >= 11 is 0. The van der Waals surface area contributed by atoms with Gasteiger partial charge in [0.05, 0.1) is 23.9 Å². The Hall–Kier alpha value is -3.26. The number of ether oxygens (including phenoxy) is 2. The van der Waals surface area contributed by atoms with Crippen LogP contribution in [0.3, 0.4) is 0 Å². The van der Waals surface area contributed by atoms with Gasteiger partial charge in [-0.15, -0.1) is 0 Å². The van der Waals surface area contributed by atoms with Crippen LogP contribution >= 0.6 is 0 Å². The smallest absolute Gasteiger partial charge is 0.407 e. The zero-order chi connectivity index (χ0) is 22.5. The fourth-order valence-electron chi connectivity index (χ4n) is 4.08. The molecule has 4 N–H and O–H groups in total. The van der Waals surface area contributed by atoms with E-state index >= 15 is 0 Å². The van der Waals surface area contributed by atoms with Crippen LogP contribution in [0.1, 0.15) is 38.2 Å². The number of amides is 1. The summed E-state index contributed by atoms with van der Waals surface area (Å²) in [7, 11) is 0. The van der Waals surface area contributed by atoms with Crippen molar-refractivity contribution in [3.05, 3.63) is 54.1 Å². The number of fused-ring (bicyclic) bond motifs is 1. The van der Waals surface area contributed by atoms with Gasteiger partial charge in [0.25, 0.3) is 0 Å². The molecular weight excluding hydrogens is 408 g/mol. The van der Waals surface area contributed by atoms with Crippen LogP contribution in [-0.4, -0.2) is 46.9 Å². The molecule has 0 saturated heterocycles. The van der Waals surface area contributed by atoms with Crippen molar-refractivity contribution in [2.45, 2.75) is 57.3 Å². The molecule has 2 aliphatic rings. The van der Waals surface area contributed by atoms with Gasteiger partial charge in [-0.05, 0) is 50.1 Å². The van der Waals surface area contributed by atoms with Crippen molar-refractivity contribution >= 4 is 17.7 Å². The molecule has 0 bridgehead atoms. The standard InChI is InChI=1S/C24H30N4O4/c1-16(15-31-24(30)27-21-9-5-6-10-22(21)29)28-14-17-13-19(11-12-20(17)26-23(28)25)32-18-7-3-2-4-8-18/h2-4,7-8,11-13,16,21-22,29H,5-6,9-10,14-15H2,1H3,(H2,25,26)(H,27,30)/t16-,21?,22?/m1/s1. The molecular formula is C24H30N4O4. The summed E-state index contributed by atoms with van der Waals surface area (Å²) in [6, 6.07) is 14.9. The molecule has 0 aromatic heterocycles. The molecule has 1 heterocycles. The van der Waals surface area contributed by atoms with Gasteiger partial charge in [0.15, 0.2) is 5.96 Å². The van der Waals surface area contributed by atoms with Crippen LogP contribution in [-0.2, 0) is 11.3 Å². The van der Waals surface area contributed by atoms with Crippen molar-refractivity contribution in [2.24, 2.45) is 10.7 Å². The number of aliphatic imine (C=N–C) groups is 1. The Morgan fingerprint density at radius 3 is 2.78 bits per heavy atom. The molecule has 0 radical (unpaired) electrons. The second-order valence-corrected chi connectivity index (χ2v) is 8.35. The van der Waals surface area contributed by atoms with Crippen molar-refractivity contribution in [1.29, 1.82) is 0 Å². The fraction of sp³-hybridized carbons (Fsp3) is 0.417. The first kappa shape index (κ1) is 22.0. The highest BCUT2D eigenvalue weighted by molar-refractivity contribution is 5.84. The number of carbonyl (C=O) groups excluding carboxylic acids is 1. The molecule has 1 saturated carbocycles. The van der Waals surface area contributed by atoms with Crippen molar-refractivity contribution in [2.75, 3.05) is 6.61 Å². The Bertz CT molecular complexity index is 966. The predicted octanol–water partition coefficient (Wildman–Crippen LogP) is 3.66. The number of nitrogens with one attached hydrogen (secondary N) is 1. The first-order valence-corrected chi connectivity index (χ1v) is 11.1. The van der Waals surface area contributed by atoms with Crippen LogP contribution < -0.4 is 15.8 Å². The van der Waals surface area contributed by atoms with Gasteiger partial charge in [-0.1, -0.05) is 31.0 Å². The molecule has 3 atom stereocenters. The summed E-state index contributed by atoms with van der Waals surface area (Å²) in [5.41, 5.74) is 7.97. The Labute approximate surface area is 188 Å². The van der Waals surface area contributed by atoms with E-state index < -0.39 is 12.2 Å². The van der Waals surface area contributed by atoms with Crippen LogP contribution in [0.5, 0.6) is 11.5 Å². The maximum absolute atomic E-state index is 12.2. The lowest BCUT2D eigenvalue weighted by Crippen LogP contribution is -2.48. The number of hydrogen-bond donors (Lipinski definition) is 3. The molecule has 170 valence electrons. The van der Waals surface area contributed by atoms with Crippen LogP contribution in [0.4, 0.5) is 10.5 Å². The number of alkyl carbamates (subject to hydrolysis) is 1. The molecule has 1 fully saturated rings. The van der Waals surface area contributed by atoms with Gasteiger partial charge in [-0.3, -0.25) is 0 Å². The number of nitrogens with zero attached hydrogens (tertiary/aromatic N) is 2. The van der Waals surface area contributed by atoms with E-state index in [0.29, 0.717) is 18.9 Å². The van der Waals surface area contributed by atoms with Crippen LogP contribution in [0.15, 0.2) is 53.5 Å². The monoisotopic (exact) mass is 438 g/mol. The first-order chi connectivity index (χ1) is 15.5. The molecule has 32 heavy (non-hydrogen) atoms. The molecule has 0 spiro atoms. The topological polar surface area (TPSA) is 109 Å². The second kappa shape index (κ2) is 9.91. The predicted molar refractivity (Wildman–Crippen MR) is 122 cm³/mol. The van der Waals surface area contributed by atoms with Gasteiger partial charge < -0.3 is 30.5 Å². The molecule has 2 aromatic carbocycles. The van der Waals surface area contributed by atoms with E-state index in [2.05, 4.69) is 10.3 Å². The summed E-state index contributed by atoms with van der Waals surface area (Å²) in [5, 5.41) is 12.8. The second-order valence-electron chi connectivity index (χ2n) is 8.35. The number of carbonyl (C=O) groups is 1. The van der Waals surface area contributed by atoms with E-state index in [9.17, 15) is 9.90 Å². The van der Waals surface area contributed by atoms with Crippen molar-refractivity contribution < 1.29 is 19.4 Å². The molecule has 1 aliphatic heterocycles. The summed E-state index contributed by atoms with van der Waals surface area (Å²) in [6.45, 7) is 2.62. The number of aliphatic hydroxyl groups is 1. The Morgan fingerprint density at radius 1 is 1.22 bits per heavy atom. The average Bonchev–Trinajstić information content (AvgIpc) is 2.79. The maximum Gasteiger partial charge on any atom is 0.407 e. The van der Waals surface area contributed by atoms with E-state index in [-0.39, 0.29) is 18.7 Å². The fourth-order valence-corrected chi connectivity index (χ4v) is 4.08. The Morgan fingerprint density at radius 2 is 2.00 bits per heavy atom. The normalized spacial score (nSPS) is 21.2. The minimum absolute atomic E-state index is 0.153. The van der Waals surface area contributed by atoms with Gasteiger partial charge >= 0.3 is 6.09 Å². The van der Waals surface area contributed by atoms with Crippen LogP contribution in [0.2, 0.25) is 0 Å². The zero-order valence-corrected chi connectivity index (χ0v) is 18.2. The first-order valence-electron chi connectivity index (χ1n) is 11.1. The number of benzene rings is 2. The zero-order valence-electron chi connectivity index (χ0n) is 18.2. The van der Waals surface area contributed by atoms with E-state index in [1.54, 1.807) is 0 Å². The van der Waals surface area contributed by atoms with Crippen molar-refractivity contribution in [3.63, 3.8) is 0 Å². The molecule has 4 rings (SSSR count). The lowest BCUT2D eigenvalue weighted by atomic mass is 9.93. The van der Waals surface area contributed by atoms with Gasteiger partial charge in [0.1, 0.15) is 18.1 Å². The van der Waals surface area contributed by atoms with E-state index in [1.165, 1.54) is 0 Å². The third-order valence-corrected chi connectivity index (χ3v) is 5.92. The van der Waals surface area contributed by atoms with Gasteiger partial charge in [-0.2, -0.15) is 0 Å². The summed E-state index contributed by atoms with van der Waals surface area (Å²) in [5.74, 6) is 1.87. The third-order valence-electron chi connectivity index (χ3n) is 5.92. The number of nitrogens with two attached hydrogens (primary N) is 1. The largest absolute Gasteiger partial charge is 0.457 e. The van der Waals surface area contributed by atoms with Crippen molar-refractivity contribution in [3.8, 4) is 11.5 Å². The summed E-state index contributed by atoms with van der Waals surface area (Å²) in [4.78, 5) is 18.6.